The molecule has 12 heavy (non-hydrogen) atoms. The minimum absolute atomic E-state index is 0.200. The number of carbonyl (C=O) groups is 1. The van der Waals surface area contributed by atoms with Crippen LogP contribution in [0.1, 0.15) is 19.3 Å². The predicted molar refractivity (Wildman–Crippen MR) is 45.3 cm³/mol. The van der Waals surface area contributed by atoms with Crippen LogP contribution in [0.2, 0.25) is 0 Å². The number of hydrogen-bond acceptors (Lipinski definition) is 3. The van der Waals surface area contributed by atoms with Crippen molar-refractivity contribution in [3.63, 3.8) is 0 Å². The van der Waals surface area contributed by atoms with Gasteiger partial charge in [0.05, 0.1) is 12.0 Å². The molecule has 1 aliphatic rings. The summed E-state index contributed by atoms with van der Waals surface area (Å²) in [5.41, 5.74) is 10.5. The lowest BCUT2D eigenvalue weighted by molar-refractivity contribution is -0.122. The van der Waals surface area contributed by atoms with Crippen molar-refractivity contribution in [3.05, 3.63) is 0 Å². The lowest BCUT2D eigenvalue weighted by atomic mass is 9.99. The number of carbonyl (C=O) groups excluding carboxylic acids is 1. The van der Waals surface area contributed by atoms with Crippen molar-refractivity contribution in [2.24, 2.45) is 17.4 Å². The topological polar surface area (TPSA) is 78.3 Å². The Bertz CT molecular complexity index is 155. The van der Waals surface area contributed by atoms with Crippen molar-refractivity contribution in [1.29, 1.82) is 0 Å². The molecule has 70 valence electrons. The van der Waals surface area contributed by atoms with E-state index in [1.54, 1.807) is 0 Å². The van der Waals surface area contributed by atoms with Crippen LogP contribution in [0.5, 0.6) is 0 Å². The van der Waals surface area contributed by atoms with Crippen molar-refractivity contribution in [2.75, 3.05) is 13.2 Å². The molecule has 1 saturated heterocycles. The first-order chi connectivity index (χ1) is 5.74. The van der Waals surface area contributed by atoms with Crippen LogP contribution < -0.4 is 11.5 Å². The molecule has 0 aromatic heterocycles. The third-order valence-corrected chi connectivity index (χ3v) is 2.26. The summed E-state index contributed by atoms with van der Waals surface area (Å²) in [6, 6.07) is 0. The highest BCUT2D eigenvalue weighted by molar-refractivity contribution is 5.76. The molecule has 1 rings (SSSR count). The van der Waals surface area contributed by atoms with Gasteiger partial charge in [-0.05, 0) is 19.3 Å². The van der Waals surface area contributed by atoms with Crippen LogP contribution in [0.4, 0.5) is 0 Å². The van der Waals surface area contributed by atoms with E-state index in [4.69, 9.17) is 16.2 Å². The van der Waals surface area contributed by atoms with Gasteiger partial charge in [0.15, 0.2) is 0 Å². The maximum atomic E-state index is 10.8. The zero-order valence-electron chi connectivity index (χ0n) is 7.16. The third-order valence-electron chi connectivity index (χ3n) is 2.26. The fraction of sp³-hybridized carbons (Fsp3) is 0.875. The first-order valence-electron chi connectivity index (χ1n) is 4.35. The Morgan fingerprint density at radius 3 is 2.83 bits per heavy atom. The van der Waals surface area contributed by atoms with Gasteiger partial charge in [-0.15, -0.1) is 0 Å². The fourth-order valence-electron chi connectivity index (χ4n) is 1.48. The monoisotopic (exact) mass is 172 g/mol. The van der Waals surface area contributed by atoms with Gasteiger partial charge in [0, 0.05) is 13.2 Å². The molecule has 4 nitrogen and oxygen atoms in total. The van der Waals surface area contributed by atoms with E-state index < -0.39 is 0 Å². The quantitative estimate of drug-likeness (QED) is 0.606. The molecule has 0 radical (unpaired) electrons. The van der Waals surface area contributed by atoms with E-state index in [0.29, 0.717) is 13.0 Å². The SMILES string of the molecule is NCC(CC1CCCO1)C(N)=O. The molecule has 2 atom stereocenters. The summed E-state index contributed by atoms with van der Waals surface area (Å²) in [5.74, 6) is -0.527. The molecular formula is C8H16N2O2. The molecular weight excluding hydrogens is 156 g/mol. The van der Waals surface area contributed by atoms with E-state index in [0.717, 1.165) is 19.4 Å². The van der Waals surface area contributed by atoms with E-state index in [1.165, 1.54) is 0 Å². The van der Waals surface area contributed by atoms with Gasteiger partial charge in [0.2, 0.25) is 5.91 Å². The molecule has 0 aliphatic carbocycles. The molecule has 2 unspecified atom stereocenters. The van der Waals surface area contributed by atoms with Gasteiger partial charge in [-0.1, -0.05) is 0 Å². The van der Waals surface area contributed by atoms with Gasteiger partial charge in [-0.2, -0.15) is 0 Å². The summed E-state index contributed by atoms with van der Waals surface area (Å²) in [7, 11) is 0. The predicted octanol–water partition coefficient (Wildman–Crippen LogP) is -0.384. The molecule has 1 heterocycles. The minimum atomic E-state index is -0.312. The highest BCUT2D eigenvalue weighted by atomic mass is 16.5. The summed E-state index contributed by atoms with van der Waals surface area (Å²) in [6.07, 6.45) is 3.00. The Morgan fingerprint density at radius 1 is 1.67 bits per heavy atom. The molecule has 0 aromatic rings. The zero-order chi connectivity index (χ0) is 8.97. The highest BCUT2D eigenvalue weighted by Crippen LogP contribution is 2.19. The summed E-state index contributed by atoms with van der Waals surface area (Å²) in [6.45, 7) is 1.13. The average molecular weight is 172 g/mol. The Balaban J connectivity index is 2.30. The first kappa shape index (κ1) is 9.48. The van der Waals surface area contributed by atoms with E-state index in [-0.39, 0.29) is 17.9 Å². The van der Waals surface area contributed by atoms with E-state index in [1.807, 2.05) is 0 Å². The van der Waals surface area contributed by atoms with Gasteiger partial charge in [-0.3, -0.25) is 4.79 Å². The molecule has 0 aromatic carbocycles. The third kappa shape index (κ3) is 2.46. The number of hydrogen-bond donors (Lipinski definition) is 2. The standard InChI is InChI=1S/C8H16N2O2/c9-5-6(8(10)11)4-7-2-1-3-12-7/h6-7H,1-5,9H2,(H2,10,11). The Hall–Kier alpha value is -0.610. The van der Waals surface area contributed by atoms with Crippen molar-refractivity contribution in [2.45, 2.75) is 25.4 Å². The summed E-state index contributed by atoms with van der Waals surface area (Å²) < 4.78 is 5.37. The van der Waals surface area contributed by atoms with Gasteiger partial charge < -0.3 is 16.2 Å². The second-order valence-corrected chi connectivity index (χ2v) is 3.21. The van der Waals surface area contributed by atoms with Crippen LogP contribution in [0.15, 0.2) is 0 Å². The number of ether oxygens (including phenoxy) is 1. The Kier molecular flexibility index (Phi) is 3.49. The van der Waals surface area contributed by atoms with Gasteiger partial charge in [-0.25, -0.2) is 0 Å². The molecule has 1 amide bonds. The van der Waals surface area contributed by atoms with Crippen LogP contribution in [-0.4, -0.2) is 25.2 Å². The van der Waals surface area contributed by atoms with Gasteiger partial charge >= 0.3 is 0 Å². The maximum absolute atomic E-state index is 10.8. The summed E-state index contributed by atoms with van der Waals surface area (Å²) in [5, 5.41) is 0. The van der Waals surface area contributed by atoms with E-state index in [9.17, 15) is 4.79 Å². The minimum Gasteiger partial charge on any atom is -0.378 e. The van der Waals surface area contributed by atoms with Crippen LogP contribution in [0, 0.1) is 5.92 Å². The van der Waals surface area contributed by atoms with Crippen molar-refractivity contribution in [3.8, 4) is 0 Å². The lowest BCUT2D eigenvalue weighted by Gasteiger charge is -2.14. The molecule has 4 N–H and O–H groups in total. The number of rotatable bonds is 4. The van der Waals surface area contributed by atoms with Crippen molar-refractivity contribution >= 4 is 5.91 Å². The van der Waals surface area contributed by atoms with Crippen molar-refractivity contribution in [1.82, 2.24) is 0 Å². The first-order valence-corrected chi connectivity index (χ1v) is 4.35. The second-order valence-electron chi connectivity index (χ2n) is 3.21. The molecule has 0 saturated carbocycles. The largest absolute Gasteiger partial charge is 0.378 e. The Labute approximate surface area is 72.2 Å². The highest BCUT2D eigenvalue weighted by Gasteiger charge is 2.22. The van der Waals surface area contributed by atoms with Crippen LogP contribution in [0.3, 0.4) is 0 Å². The molecule has 0 bridgehead atoms. The fourth-order valence-corrected chi connectivity index (χ4v) is 1.48. The zero-order valence-corrected chi connectivity index (χ0v) is 7.16. The van der Waals surface area contributed by atoms with Crippen LogP contribution in [-0.2, 0) is 9.53 Å². The number of amides is 1. The van der Waals surface area contributed by atoms with E-state index in [2.05, 4.69) is 0 Å². The lowest BCUT2D eigenvalue weighted by Crippen LogP contribution is -2.32. The molecule has 1 fully saturated rings. The van der Waals surface area contributed by atoms with Crippen LogP contribution in [0.25, 0.3) is 0 Å². The number of nitrogens with two attached hydrogens (primary N) is 2. The molecule has 1 aliphatic heterocycles. The second kappa shape index (κ2) is 4.42. The normalized spacial score (nSPS) is 25.6. The van der Waals surface area contributed by atoms with Crippen molar-refractivity contribution < 1.29 is 9.53 Å². The Morgan fingerprint density at radius 2 is 2.42 bits per heavy atom. The van der Waals surface area contributed by atoms with Gasteiger partial charge in [0.1, 0.15) is 0 Å². The smallest absolute Gasteiger partial charge is 0.221 e. The average Bonchev–Trinajstić information content (AvgIpc) is 2.51. The number of primary amides is 1. The molecule has 0 spiro atoms. The van der Waals surface area contributed by atoms with Crippen LogP contribution >= 0.6 is 0 Å². The maximum Gasteiger partial charge on any atom is 0.221 e. The van der Waals surface area contributed by atoms with E-state index >= 15 is 0 Å². The molecule has 4 heteroatoms. The summed E-state index contributed by atoms with van der Waals surface area (Å²) in [4.78, 5) is 10.8. The summed E-state index contributed by atoms with van der Waals surface area (Å²) >= 11 is 0. The van der Waals surface area contributed by atoms with Gasteiger partial charge in [0.25, 0.3) is 0 Å².